The van der Waals surface area contributed by atoms with Crippen LogP contribution < -0.4 is 0 Å². The van der Waals surface area contributed by atoms with Crippen LogP contribution in [0.5, 0.6) is 0 Å². The average molecular weight is 351 g/mol. The first kappa shape index (κ1) is 15.9. The van der Waals surface area contributed by atoms with E-state index in [1.807, 2.05) is 4.90 Å². The van der Waals surface area contributed by atoms with Gasteiger partial charge in [-0.05, 0) is 56.7 Å². The number of likely N-dealkylation sites (tertiary alicyclic amines) is 2. The number of hydrogen-bond donors (Lipinski definition) is 0. The second-order valence-corrected chi connectivity index (χ2v) is 7.46. The maximum absolute atomic E-state index is 13.3. The Bertz CT molecular complexity index is 706. The van der Waals surface area contributed by atoms with Crippen molar-refractivity contribution in [3.05, 3.63) is 34.6 Å². The Hall–Kier alpha value is -1.62. The summed E-state index contributed by atoms with van der Waals surface area (Å²) in [6, 6.07) is 4.16. The van der Waals surface area contributed by atoms with Gasteiger partial charge in [-0.2, -0.15) is 0 Å². The van der Waals surface area contributed by atoms with E-state index in [0.29, 0.717) is 25.4 Å². The Balaban J connectivity index is 1.66. The number of rotatable bonds is 2. The molecule has 2 amide bonds. The van der Waals surface area contributed by atoms with Crippen LogP contribution in [0.25, 0.3) is 0 Å². The Morgan fingerprint density at radius 1 is 1.21 bits per heavy atom. The van der Waals surface area contributed by atoms with E-state index in [2.05, 4.69) is 0 Å². The standard InChI is InChI=1S/C18H20ClFN2O2/c19-15-11-12(20)3-6-14(15)16(23)22-10-2-8-18(22)7-1-9-21(17(18)24)13-4-5-13/h3,6,11,13H,1-2,4-5,7-10H2. The summed E-state index contributed by atoms with van der Waals surface area (Å²) in [5, 5.41) is 0.101. The minimum atomic E-state index is -0.727. The van der Waals surface area contributed by atoms with Crippen molar-refractivity contribution in [1.82, 2.24) is 9.80 Å². The highest BCUT2D eigenvalue weighted by atomic mass is 35.5. The van der Waals surface area contributed by atoms with Gasteiger partial charge in [0.1, 0.15) is 11.4 Å². The molecule has 0 aromatic heterocycles. The third kappa shape index (κ3) is 2.41. The highest BCUT2D eigenvalue weighted by molar-refractivity contribution is 6.33. The molecule has 4 nitrogen and oxygen atoms in total. The van der Waals surface area contributed by atoms with Crippen LogP contribution in [0.4, 0.5) is 4.39 Å². The lowest BCUT2D eigenvalue weighted by molar-refractivity contribution is -0.146. The first-order valence-corrected chi connectivity index (χ1v) is 8.99. The van der Waals surface area contributed by atoms with E-state index in [-0.39, 0.29) is 22.4 Å². The summed E-state index contributed by atoms with van der Waals surface area (Å²) < 4.78 is 13.3. The van der Waals surface area contributed by atoms with Gasteiger partial charge in [-0.15, -0.1) is 0 Å². The monoisotopic (exact) mass is 350 g/mol. The number of carbonyl (C=O) groups excluding carboxylic acids is 2. The molecule has 0 bridgehead atoms. The molecule has 3 aliphatic rings. The molecule has 6 heteroatoms. The summed E-state index contributed by atoms with van der Waals surface area (Å²) in [5.41, 5.74) is -0.453. The maximum Gasteiger partial charge on any atom is 0.256 e. The van der Waals surface area contributed by atoms with Crippen LogP contribution in [0.2, 0.25) is 5.02 Å². The summed E-state index contributed by atoms with van der Waals surface area (Å²) in [6.07, 6.45) is 5.29. The van der Waals surface area contributed by atoms with E-state index in [1.165, 1.54) is 12.1 Å². The molecule has 1 unspecified atom stereocenters. The van der Waals surface area contributed by atoms with Crippen LogP contribution in [-0.4, -0.2) is 46.3 Å². The van der Waals surface area contributed by atoms with Crippen LogP contribution in [0, 0.1) is 5.82 Å². The molecular formula is C18H20ClFN2O2. The van der Waals surface area contributed by atoms with Crippen molar-refractivity contribution < 1.29 is 14.0 Å². The van der Waals surface area contributed by atoms with Crippen LogP contribution in [-0.2, 0) is 4.79 Å². The number of hydrogen-bond acceptors (Lipinski definition) is 2. The molecule has 0 N–H and O–H groups in total. The lowest BCUT2D eigenvalue weighted by Gasteiger charge is -2.44. The van der Waals surface area contributed by atoms with Gasteiger partial charge in [-0.3, -0.25) is 9.59 Å². The van der Waals surface area contributed by atoms with Crippen molar-refractivity contribution >= 4 is 23.4 Å². The SMILES string of the molecule is O=C(c1ccc(F)cc1Cl)N1CCCC12CCCN(C1CC1)C2=O. The van der Waals surface area contributed by atoms with Gasteiger partial charge in [0.15, 0.2) is 0 Å². The van der Waals surface area contributed by atoms with Crippen LogP contribution in [0.3, 0.4) is 0 Å². The van der Waals surface area contributed by atoms with Gasteiger partial charge in [0.25, 0.3) is 5.91 Å². The summed E-state index contributed by atoms with van der Waals surface area (Å²) in [5.74, 6) is -0.634. The molecule has 1 spiro atoms. The smallest absolute Gasteiger partial charge is 0.256 e. The van der Waals surface area contributed by atoms with Crippen molar-refractivity contribution in [3.63, 3.8) is 0 Å². The fourth-order valence-corrected chi connectivity index (χ4v) is 4.47. The van der Waals surface area contributed by atoms with E-state index in [4.69, 9.17) is 11.6 Å². The average Bonchev–Trinajstić information content (AvgIpc) is 3.30. The maximum atomic E-state index is 13.3. The third-order valence-electron chi connectivity index (χ3n) is 5.53. The molecule has 4 rings (SSSR count). The molecule has 1 saturated carbocycles. The van der Waals surface area contributed by atoms with Gasteiger partial charge >= 0.3 is 0 Å². The van der Waals surface area contributed by atoms with E-state index in [9.17, 15) is 14.0 Å². The van der Waals surface area contributed by atoms with E-state index < -0.39 is 11.4 Å². The van der Waals surface area contributed by atoms with Crippen molar-refractivity contribution in [3.8, 4) is 0 Å². The van der Waals surface area contributed by atoms with Gasteiger partial charge in [-0.1, -0.05) is 11.6 Å². The van der Waals surface area contributed by atoms with Crippen molar-refractivity contribution in [1.29, 1.82) is 0 Å². The van der Waals surface area contributed by atoms with E-state index in [1.54, 1.807) is 4.90 Å². The minimum Gasteiger partial charge on any atom is -0.338 e. The molecule has 128 valence electrons. The highest BCUT2D eigenvalue weighted by Crippen LogP contribution is 2.42. The first-order chi connectivity index (χ1) is 11.5. The first-order valence-electron chi connectivity index (χ1n) is 8.61. The van der Waals surface area contributed by atoms with Gasteiger partial charge in [0, 0.05) is 19.1 Å². The second-order valence-electron chi connectivity index (χ2n) is 7.05. The van der Waals surface area contributed by atoms with Crippen LogP contribution >= 0.6 is 11.6 Å². The molecular weight excluding hydrogens is 331 g/mol. The van der Waals surface area contributed by atoms with Crippen LogP contribution in [0.1, 0.15) is 48.9 Å². The molecule has 2 saturated heterocycles. The number of nitrogens with zero attached hydrogens (tertiary/aromatic N) is 2. The van der Waals surface area contributed by atoms with E-state index >= 15 is 0 Å². The molecule has 1 atom stereocenters. The second kappa shape index (κ2) is 5.73. The largest absolute Gasteiger partial charge is 0.338 e. The molecule has 24 heavy (non-hydrogen) atoms. The minimum absolute atomic E-state index is 0.0975. The van der Waals surface area contributed by atoms with E-state index in [0.717, 1.165) is 38.3 Å². The third-order valence-corrected chi connectivity index (χ3v) is 5.84. The van der Waals surface area contributed by atoms with Crippen molar-refractivity contribution in [2.45, 2.75) is 50.1 Å². The molecule has 1 aromatic rings. The molecule has 3 fully saturated rings. The summed E-state index contributed by atoms with van der Waals surface area (Å²) in [7, 11) is 0. The topological polar surface area (TPSA) is 40.6 Å². The Labute approximate surface area is 145 Å². The number of halogens is 2. The fourth-order valence-electron chi connectivity index (χ4n) is 4.22. The highest BCUT2D eigenvalue weighted by Gasteiger charge is 2.54. The van der Waals surface area contributed by atoms with Crippen LogP contribution in [0.15, 0.2) is 18.2 Å². The van der Waals surface area contributed by atoms with Gasteiger partial charge < -0.3 is 9.80 Å². The number of carbonyl (C=O) groups is 2. The van der Waals surface area contributed by atoms with Gasteiger partial charge in [0.2, 0.25) is 5.91 Å². The molecule has 1 aliphatic carbocycles. The number of benzene rings is 1. The summed E-state index contributed by atoms with van der Waals surface area (Å²) in [4.78, 5) is 29.9. The van der Waals surface area contributed by atoms with Gasteiger partial charge in [-0.25, -0.2) is 4.39 Å². The normalized spacial score (nSPS) is 27.2. The quantitative estimate of drug-likeness (QED) is 0.821. The molecule has 2 aliphatic heterocycles. The number of piperidine rings is 1. The molecule has 1 aromatic carbocycles. The van der Waals surface area contributed by atoms with Gasteiger partial charge in [0.05, 0.1) is 10.6 Å². The Morgan fingerprint density at radius 3 is 2.58 bits per heavy atom. The molecule has 2 heterocycles. The predicted molar refractivity (Wildman–Crippen MR) is 88.4 cm³/mol. The summed E-state index contributed by atoms with van der Waals surface area (Å²) >= 11 is 6.07. The number of amides is 2. The molecule has 0 radical (unpaired) electrons. The predicted octanol–water partition coefficient (Wildman–Crippen LogP) is 3.24. The summed E-state index contributed by atoms with van der Waals surface area (Å²) in [6.45, 7) is 1.35. The Morgan fingerprint density at radius 2 is 1.92 bits per heavy atom. The Kier molecular flexibility index (Phi) is 3.79. The zero-order valence-corrected chi connectivity index (χ0v) is 14.2. The lowest BCUT2D eigenvalue weighted by Crippen LogP contribution is -2.61. The fraction of sp³-hybridized carbons (Fsp3) is 0.556. The lowest BCUT2D eigenvalue weighted by atomic mass is 9.85. The zero-order valence-electron chi connectivity index (χ0n) is 13.4. The van der Waals surface area contributed by atoms with Crippen molar-refractivity contribution in [2.75, 3.05) is 13.1 Å². The zero-order chi connectivity index (χ0) is 16.9. The van der Waals surface area contributed by atoms with Crippen molar-refractivity contribution in [2.24, 2.45) is 0 Å².